The molecule has 8 heteroatoms. The summed E-state index contributed by atoms with van der Waals surface area (Å²) in [5.74, 6) is 0.130. The number of aliphatic imine (C=N–C) groups is 1. The summed E-state index contributed by atoms with van der Waals surface area (Å²) in [6, 6.07) is 18.1. The molecule has 0 radical (unpaired) electrons. The molecule has 2 amide bonds. The van der Waals surface area contributed by atoms with E-state index < -0.39 is 5.54 Å². The van der Waals surface area contributed by atoms with Crippen LogP contribution in [0, 0.1) is 43.1 Å². The Morgan fingerprint density at radius 1 is 1.29 bits per heavy atom. The fourth-order valence-corrected chi connectivity index (χ4v) is 3.99. The summed E-state index contributed by atoms with van der Waals surface area (Å²) in [7, 11) is 1.67. The minimum absolute atomic E-state index is 0. The first-order valence-electron chi connectivity index (χ1n) is 11.7. The summed E-state index contributed by atoms with van der Waals surface area (Å²) in [6.45, 7) is 6.91. The summed E-state index contributed by atoms with van der Waals surface area (Å²) in [5.41, 5.74) is 7.92. The Morgan fingerprint density at radius 2 is 2.00 bits per heavy atom. The molecule has 186 valence electrons. The summed E-state index contributed by atoms with van der Waals surface area (Å²) >= 11 is 0. The molecule has 0 aliphatic carbocycles. The van der Waals surface area contributed by atoms with E-state index >= 15 is 0 Å². The van der Waals surface area contributed by atoms with Gasteiger partial charge in [0.2, 0.25) is 5.91 Å². The molecule has 0 fully saturated rings. The molecule has 0 saturated heterocycles. The Hall–Kier alpha value is -2.14. The van der Waals surface area contributed by atoms with E-state index in [2.05, 4.69) is 16.4 Å². The third-order valence-electron chi connectivity index (χ3n) is 6.50. The second-order valence-electron chi connectivity index (χ2n) is 9.32. The second kappa shape index (κ2) is 13.2. The molecule has 1 heterocycles. The van der Waals surface area contributed by atoms with Gasteiger partial charge in [-0.05, 0) is 31.2 Å². The molecule has 2 aromatic rings. The van der Waals surface area contributed by atoms with Gasteiger partial charge in [-0.15, -0.1) is 29.8 Å². The predicted molar refractivity (Wildman–Crippen MR) is 133 cm³/mol. The van der Waals surface area contributed by atoms with Gasteiger partial charge in [0.05, 0.1) is 12.0 Å². The van der Waals surface area contributed by atoms with E-state index in [1.165, 1.54) is 4.90 Å². The number of ether oxygens (including phenoxy) is 1. The summed E-state index contributed by atoms with van der Waals surface area (Å²) in [5, 5.41) is 3.13. The van der Waals surface area contributed by atoms with Crippen LogP contribution in [0.4, 0.5) is 0 Å². The molecule has 0 spiro atoms. The third kappa shape index (κ3) is 7.67. The van der Waals surface area contributed by atoms with Crippen molar-refractivity contribution in [2.45, 2.75) is 58.2 Å². The molecule has 0 bridgehead atoms. The van der Waals surface area contributed by atoms with Crippen LogP contribution < -0.4 is 11.1 Å². The fourth-order valence-electron chi connectivity index (χ4n) is 3.99. The molecule has 2 aromatic carbocycles. The molecule has 2 atom stereocenters. The van der Waals surface area contributed by atoms with Gasteiger partial charge in [0.25, 0.3) is 0 Å². The van der Waals surface area contributed by atoms with Crippen LogP contribution >= 0.6 is 0 Å². The Morgan fingerprint density at radius 3 is 2.63 bits per heavy atom. The first kappa shape index (κ1) is 29.1. The van der Waals surface area contributed by atoms with E-state index in [4.69, 9.17) is 10.5 Å². The number of rotatable bonds is 10. The van der Waals surface area contributed by atoms with Crippen LogP contribution in [0.2, 0.25) is 0 Å². The number of hydrogen-bond acceptors (Lipinski definition) is 5. The Bertz CT molecular complexity index is 1030. The second-order valence-corrected chi connectivity index (χ2v) is 9.32. The SMILES string of the molecule is COCCC[C@H](NC(=O)c1[c-]ccc(CN2C(=O)C[C@@](C)(C(C)C)N=C2N)c1)c1ccccc1.[U]. The van der Waals surface area contributed by atoms with Gasteiger partial charge in [-0.1, -0.05) is 49.7 Å². The fraction of sp³-hybridized carbons (Fsp3) is 0.444. The molecule has 0 unspecified atom stereocenters. The molecular formula is C27H35N4O3U-. The van der Waals surface area contributed by atoms with Crippen molar-refractivity contribution in [1.29, 1.82) is 0 Å². The van der Waals surface area contributed by atoms with Crippen molar-refractivity contribution < 1.29 is 45.4 Å². The maximum atomic E-state index is 13.1. The van der Waals surface area contributed by atoms with Crippen LogP contribution in [0.5, 0.6) is 0 Å². The zero-order valence-electron chi connectivity index (χ0n) is 21.0. The van der Waals surface area contributed by atoms with E-state index in [0.29, 0.717) is 18.6 Å². The molecule has 3 rings (SSSR count). The first-order valence-corrected chi connectivity index (χ1v) is 11.7. The van der Waals surface area contributed by atoms with Crippen LogP contribution in [0.25, 0.3) is 0 Å². The van der Waals surface area contributed by atoms with Gasteiger partial charge in [0, 0.05) is 57.4 Å². The van der Waals surface area contributed by atoms with Gasteiger partial charge in [0.15, 0.2) is 11.9 Å². The first-order chi connectivity index (χ1) is 16.2. The maximum Gasteiger partial charge on any atom is 0.231 e. The Kier molecular flexibility index (Phi) is 11.0. The van der Waals surface area contributed by atoms with Crippen LogP contribution in [0.15, 0.2) is 53.5 Å². The number of amides is 2. The summed E-state index contributed by atoms with van der Waals surface area (Å²) < 4.78 is 5.18. The zero-order chi connectivity index (χ0) is 24.7. The number of carbonyl (C=O) groups excluding carboxylic acids is 2. The number of benzene rings is 2. The predicted octanol–water partition coefficient (Wildman–Crippen LogP) is 3.85. The summed E-state index contributed by atoms with van der Waals surface area (Å²) in [4.78, 5) is 32.0. The van der Waals surface area contributed by atoms with Crippen molar-refractivity contribution in [2.24, 2.45) is 16.6 Å². The zero-order valence-corrected chi connectivity index (χ0v) is 25.2. The number of methoxy groups -OCH3 is 1. The average Bonchev–Trinajstić information content (AvgIpc) is 2.81. The van der Waals surface area contributed by atoms with Gasteiger partial charge in [0.1, 0.15) is 0 Å². The van der Waals surface area contributed by atoms with Crippen molar-refractivity contribution in [3.05, 3.63) is 71.3 Å². The van der Waals surface area contributed by atoms with Gasteiger partial charge >= 0.3 is 0 Å². The van der Waals surface area contributed by atoms with E-state index in [0.717, 1.165) is 24.0 Å². The standard InChI is InChI=1S/C27H35N4O3.U/c1-19(2)27(3)17-24(32)31(26(28)30-27)18-20-10-8-13-22(16-20)25(33)29-23(14-9-15-34-4)21-11-6-5-7-12-21;/h5-8,10-12,16,19,23H,9,14-15,17-18H2,1-4H3,(H2,28,30)(H,29,33);/q-1;/t23-,27-;/m0./s1. The van der Waals surface area contributed by atoms with Gasteiger partial charge in [-0.3, -0.25) is 9.69 Å². The minimum atomic E-state index is -0.498. The molecule has 3 N–H and O–H groups in total. The minimum Gasteiger partial charge on any atom is -0.385 e. The topological polar surface area (TPSA) is 97.0 Å². The molecule has 1 aliphatic rings. The van der Waals surface area contributed by atoms with E-state index in [1.54, 1.807) is 19.2 Å². The number of nitrogens with one attached hydrogen (secondary N) is 1. The van der Waals surface area contributed by atoms with E-state index in [9.17, 15) is 9.59 Å². The smallest absolute Gasteiger partial charge is 0.231 e. The van der Waals surface area contributed by atoms with Crippen LogP contribution in [0.1, 0.15) is 67.6 Å². The number of nitrogens with zero attached hydrogens (tertiary/aromatic N) is 2. The van der Waals surface area contributed by atoms with Crippen LogP contribution in [0.3, 0.4) is 0 Å². The molecule has 7 nitrogen and oxygen atoms in total. The number of hydrogen-bond donors (Lipinski definition) is 2. The van der Waals surface area contributed by atoms with Crippen LogP contribution in [-0.2, 0) is 16.1 Å². The van der Waals surface area contributed by atoms with E-state index in [1.807, 2.05) is 57.2 Å². The van der Waals surface area contributed by atoms with Crippen molar-refractivity contribution in [3.8, 4) is 0 Å². The maximum absolute atomic E-state index is 13.1. The molecule has 0 saturated carbocycles. The van der Waals surface area contributed by atoms with E-state index in [-0.39, 0.29) is 67.4 Å². The number of guanidine groups is 1. The average molecular weight is 702 g/mol. The summed E-state index contributed by atoms with van der Waals surface area (Å²) in [6.07, 6.45) is 1.89. The molecule has 35 heavy (non-hydrogen) atoms. The van der Waals surface area contributed by atoms with Gasteiger partial charge in [-0.2, -0.15) is 0 Å². The Balaban J connectivity index is 0.00000432. The molecule has 0 aromatic heterocycles. The van der Waals surface area contributed by atoms with Crippen molar-refractivity contribution >= 4 is 17.8 Å². The van der Waals surface area contributed by atoms with Crippen molar-refractivity contribution in [1.82, 2.24) is 10.2 Å². The van der Waals surface area contributed by atoms with Gasteiger partial charge < -0.3 is 20.6 Å². The van der Waals surface area contributed by atoms with Crippen molar-refractivity contribution in [3.63, 3.8) is 0 Å². The number of carbonyl (C=O) groups is 2. The molecular weight excluding hydrogens is 666 g/mol. The quantitative estimate of drug-likeness (QED) is 0.291. The Labute approximate surface area is 232 Å². The number of nitrogens with two attached hydrogens (primary N) is 1. The normalized spacial score (nSPS) is 18.6. The molecule has 1 aliphatic heterocycles. The monoisotopic (exact) mass is 701 g/mol. The van der Waals surface area contributed by atoms with Gasteiger partial charge in [-0.25, -0.2) is 4.99 Å². The van der Waals surface area contributed by atoms with Crippen molar-refractivity contribution in [2.75, 3.05) is 13.7 Å². The third-order valence-corrected chi connectivity index (χ3v) is 6.50. The largest absolute Gasteiger partial charge is 0.385 e. The van der Waals surface area contributed by atoms with Crippen LogP contribution in [-0.4, -0.2) is 41.9 Å².